The number of carbonyl (C=O) groups excluding carboxylic acids is 1. The van der Waals surface area contributed by atoms with Crippen molar-refractivity contribution in [3.63, 3.8) is 0 Å². The predicted molar refractivity (Wildman–Crippen MR) is 74.1 cm³/mol. The molecule has 7 nitrogen and oxygen atoms in total. The number of rotatable bonds is 6. The lowest BCUT2D eigenvalue weighted by molar-refractivity contribution is -0.384. The number of carbonyl (C=O) groups is 2. The lowest BCUT2D eigenvalue weighted by atomic mass is 10.0. The normalized spacial score (nSPS) is 15.3. The Morgan fingerprint density at radius 1 is 1.48 bits per heavy atom. The van der Waals surface area contributed by atoms with Crippen LogP contribution in [0.4, 0.5) is 5.69 Å². The topological polar surface area (TPSA) is 110 Å². The molecule has 21 heavy (non-hydrogen) atoms. The summed E-state index contributed by atoms with van der Waals surface area (Å²) in [6.07, 6.45) is 1.72. The molecule has 7 heteroatoms. The van der Waals surface area contributed by atoms with Crippen LogP contribution in [0.1, 0.15) is 35.2 Å². The number of nitro benzene ring substituents is 1. The number of hydrogen-bond donors (Lipinski definition) is 2. The van der Waals surface area contributed by atoms with Crippen molar-refractivity contribution in [2.45, 2.75) is 32.2 Å². The molecule has 1 amide bonds. The molecule has 0 radical (unpaired) electrons. The summed E-state index contributed by atoms with van der Waals surface area (Å²) in [4.78, 5) is 33.2. The Hall–Kier alpha value is -2.44. The monoisotopic (exact) mass is 292 g/mol. The van der Waals surface area contributed by atoms with Gasteiger partial charge in [-0.1, -0.05) is 0 Å². The van der Waals surface area contributed by atoms with Crippen LogP contribution in [0.3, 0.4) is 0 Å². The second-order valence-electron chi connectivity index (χ2n) is 5.27. The van der Waals surface area contributed by atoms with Crippen molar-refractivity contribution < 1.29 is 19.6 Å². The Labute approximate surface area is 121 Å². The first-order valence-electron chi connectivity index (χ1n) is 6.66. The van der Waals surface area contributed by atoms with Crippen molar-refractivity contribution in [3.05, 3.63) is 39.4 Å². The molecule has 2 N–H and O–H groups in total. The number of benzene rings is 1. The highest BCUT2D eigenvalue weighted by Gasteiger charge is 2.34. The zero-order valence-corrected chi connectivity index (χ0v) is 11.5. The van der Waals surface area contributed by atoms with E-state index in [1.54, 1.807) is 6.92 Å². The highest BCUT2D eigenvalue weighted by atomic mass is 16.6. The summed E-state index contributed by atoms with van der Waals surface area (Å²) in [7, 11) is 0. The molecule has 0 aromatic heterocycles. The van der Waals surface area contributed by atoms with Crippen LogP contribution in [0.15, 0.2) is 18.2 Å². The summed E-state index contributed by atoms with van der Waals surface area (Å²) in [5, 5.41) is 22.3. The van der Waals surface area contributed by atoms with Crippen molar-refractivity contribution in [1.29, 1.82) is 0 Å². The van der Waals surface area contributed by atoms with Gasteiger partial charge in [0, 0.05) is 23.7 Å². The van der Waals surface area contributed by atoms with E-state index in [4.69, 9.17) is 5.11 Å². The second kappa shape index (κ2) is 5.90. The molecule has 1 atom stereocenters. The number of aliphatic carboxylic acids is 1. The van der Waals surface area contributed by atoms with Crippen LogP contribution in [-0.4, -0.2) is 27.9 Å². The number of amides is 1. The first kappa shape index (κ1) is 15.0. The average molecular weight is 292 g/mol. The number of nitro groups is 1. The smallest absolute Gasteiger partial charge is 0.305 e. The van der Waals surface area contributed by atoms with Gasteiger partial charge in [-0.15, -0.1) is 0 Å². The van der Waals surface area contributed by atoms with Gasteiger partial charge in [0.2, 0.25) is 0 Å². The first-order valence-corrected chi connectivity index (χ1v) is 6.66. The Balaban J connectivity index is 2.12. The standard InChI is InChI=1S/C14H16N2O5/c1-8-6-10(16(20)21)4-5-11(8)14(19)15-12(7-13(17)18)9-2-3-9/h4-6,9,12H,2-3,7H2,1H3,(H,15,19)(H,17,18). The lowest BCUT2D eigenvalue weighted by Crippen LogP contribution is -2.38. The summed E-state index contributed by atoms with van der Waals surface area (Å²) in [6.45, 7) is 1.62. The van der Waals surface area contributed by atoms with Crippen molar-refractivity contribution in [1.82, 2.24) is 5.32 Å². The Morgan fingerprint density at radius 3 is 2.62 bits per heavy atom. The molecule has 1 unspecified atom stereocenters. The summed E-state index contributed by atoms with van der Waals surface area (Å²) in [6, 6.07) is 3.61. The van der Waals surface area contributed by atoms with Gasteiger partial charge in [0.25, 0.3) is 11.6 Å². The minimum atomic E-state index is -0.951. The second-order valence-corrected chi connectivity index (χ2v) is 5.27. The third-order valence-corrected chi connectivity index (χ3v) is 3.57. The van der Waals surface area contributed by atoms with Gasteiger partial charge >= 0.3 is 5.97 Å². The molecule has 0 heterocycles. The number of non-ortho nitro benzene ring substituents is 1. The molecule has 1 aromatic rings. The summed E-state index contributed by atoms with van der Waals surface area (Å²) in [5.74, 6) is -1.13. The van der Waals surface area contributed by atoms with E-state index in [-0.39, 0.29) is 30.0 Å². The van der Waals surface area contributed by atoms with Crippen LogP contribution in [0.5, 0.6) is 0 Å². The van der Waals surface area contributed by atoms with Gasteiger partial charge in [-0.3, -0.25) is 19.7 Å². The zero-order chi connectivity index (χ0) is 15.6. The zero-order valence-electron chi connectivity index (χ0n) is 11.5. The predicted octanol–water partition coefficient (Wildman–Crippen LogP) is 1.89. The third kappa shape index (κ3) is 3.77. The van der Waals surface area contributed by atoms with Crippen LogP contribution in [0.25, 0.3) is 0 Å². The molecule has 0 saturated heterocycles. The fourth-order valence-corrected chi connectivity index (χ4v) is 2.28. The van der Waals surface area contributed by atoms with E-state index in [2.05, 4.69) is 5.32 Å². The molecule has 1 aliphatic carbocycles. The largest absolute Gasteiger partial charge is 0.481 e. The molecule has 1 aromatic carbocycles. The van der Waals surface area contributed by atoms with E-state index in [1.165, 1.54) is 18.2 Å². The highest BCUT2D eigenvalue weighted by Crippen LogP contribution is 2.34. The molecule has 1 saturated carbocycles. The van der Waals surface area contributed by atoms with Gasteiger partial charge in [-0.25, -0.2) is 0 Å². The molecule has 0 bridgehead atoms. The van der Waals surface area contributed by atoms with E-state index >= 15 is 0 Å². The van der Waals surface area contributed by atoms with Gasteiger partial charge in [0.15, 0.2) is 0 Å². The average Bonchev–Trinajstić information content (AvgIpc) is 3.21. The van der Waals surface area contributed by atoms with Crippen molar-refractivity contribution in [2.24, 2.45) is 5.92 Å². The number of nitrogens with zero attached hydrogens (tertiary/aromatic N) is 1. The van der Waals surface area contributed by atoms with Gasteiger partial charge < -0.3 is 10.4 Å². The molecule has 1 aliphatic rings. The molecule has 2 rings (SSSR count). The highest BCUT2D eigenvalue weighted by molar-refractivity contribution is 5.96. The molecule has 0 aliphatic heterocycles. The van der Waals surface area contributed by atoms with Crippen LogP contribution < -0.4 is 5.32 Å². The Bertz CT molecular complexity index is 595. The van der Waals surface area contributed by atoms with Gasteiger partial charge in [-0.05, 0) is 37.3 Å². The van der Waals surface area contributed by atoms with Crippen molar-refractivity contribution in [3.8, 4) is 0 Å². The fourth-order valence-electron chi connectivity index (χ4n) is 2.28. The minimum absolute atomic E-state index is 0.0756. The number of hydrogen-bond acceptors (Lipinski definition) is 4. The SMILES string of the molecule is Cc1cc([N+](=O)[O-])ccc1C(=O)NC(CC(=O)O)C1CC1. The Kier molecular flexibility index (Phi) is 4.21. The van der Waals surface area contributed by atoms with Gasteiger partial charge in [0.05, 0.1) is 11.3 Å². The van der Waals surface area contributed by atoms with Gasteiger partial charge in [0.1, 0.15) is 0 Å². The number of aryl methyl sites for hydroxylation is 1. The maximum absolute atomic E-state index is 12.2. The quantitative estimate of drug-likeness (QED) is 0.614. The number of nitrogens with one attached hydrogen (secondary N) is 1. The summed E-state index contributed by atoms with van der Waals surface area (Å²) < 4.78 is 0. The third-order valence-electron chi connectivity index (χ3n) is 3.57. The fraction of sp³-hybridized carbons (Fsp3) is 0.429. The summed E-state index contributed by atoms with van der Waals surface area (Å²) >= 11 is 0. The van der Waals surface area contributed by atoms with Crippen LogP contribution in [0, 0.1) is 23.0 Å². The van der Waals surface area contributed by atoms with Crippen LogP contribution in [-0.2, 0) is 4.79 Å². The van der Waals surface area contributed by atoms with Crippen LogP contribution in [0.2, 0.25) is 0 Å². The van der Waals surface area contributed by atoms with Crippen molar-refractivity contribution in [2.75, 3.05) is 0 Å². The molecular formula is C14H16N2O5. The lowest BCUT2D eigenvalue weighted by Gasteiger charge is -2.17. The van der Waals surface area contributed by atoms with Crippen LogP contribution >= 0.6 is 0 Å². The first-order chi connectivity index (χ1) is 9.88. The van der Waals surface area contributed by atoms with Gasteiger partial charge in [-0.2, -0.15) is 0 Å². The molecule has 1 fully saturated rings. The number of carboxylic acid groups (broad SMARTS) is 1. The molecular weight excluding hydrogens is 276 g/mol. The maximum atomic E-state index is 12.2. The maximum Gasteiger partial charge on any atom is 0.305 e. The number of carboxylic acids is 1. The molecule has 112 valence electrons. The summed E-state index contributed by atoms with van der Waals surface area (Å²) in [5.41, 5.74) is 0.747. The van der Waals surface area contributed by atoms with E-state index in [0.717, 1.165) is 12.8 Å². The molecule has 0 spiro atoms. The minimum Gasteiger partial charge on any atom is -0.481 e. The van der Waals surface area contributed by atoms with E-state index in [1.807, 2.05) is 0 Å². The van der Waals surface area contributed by atoms with Crippen molar-refractivity contribution >= 4 is 17.6 Å². The van der Waals surface area contributed by atoms with E-state index < -0.39 is 10.9 Å². The Morgan fingerprint density at radius 2 is 2.14 bits per heavy atom. The van der Waals surface area contributed by atoms with E-state index in [9.17, 15) is 19.7 Å². The van der Waals surface area contributed by atoms with E-state index in [0.29, 0.717) is 11.1 Å².